The Labute approximate surface area is 118 Å². The van der Waals surface area contributed by atoms with Crippen molar-refractivity contribution < 1.29 is 0 Å². The van der Waals surface area contributed by atoms with Gasteiger partial charge in [-0.05, 0) is 57.9 Å². The summed E-state index contributed by atoms with van der Waals surface area (Å²) in [6.45, 7) is 9.56. The Morgan fingerprint density at radius 1 is 1.16 bits per heavy atom. The van der Waals surface area contributed by atoms with E-state index < -0.39 is 0 Å². The lowest BCUT2D eigenvalue weighted by Crippen LogP contribution is -2.64. The Morgan fingerprint density at radius 3 is 2.79 bits per heavy atom. The molecule has 0 saturated carbocycles. The quantitative estimate of drug-likeness (QED) is 0.829. The second kappa shape index (κ2) is 5.34. The Bertz CT molecular complexity index is 319. The van der Waals surface area contributed by atoms with E-state index in [1.54, 1.807) is 0 Å². The number of nitrogens with two attached hydrogens (primary N) is 1. The molecule has 3 fully saturated rings. The van der Waals surface area contributed by atoms with E-state index in [0.717, 1.165) is 24.5 Å². The third-order valence-corrected chi connectivity index (χ3v) is 6.09. The summed E-state index contributed by atoms with van der Waals surface area (Å²) in [5.41, 5.74) is 6.60. The van der Waals surface area contributed by atoms with Gasteiger partial charge in [0, 0.05) is 37.3 Å². The fraction of sp³-hybridized carbons (Fsp3) is 1.00. The van der Waals surface area contributed by atoms with Gasteiger partial charge in [-0.15, -0.1) is 0 Å². The van der Waals surface area contributed by atoms with E-state index in [4.69, 9.17) is 5.73 Å². The molecule has 4 unspecified atom stereocenters. The van der Waals surface area contributed by atoms with E-state index in [-0.39, 0.29) is 0 Å². The molecule has 3 aliphatic heterocycles. The summed E-state index contributed by atoms with van der Waals surface area (Å²) in [6, 6.07) is 1.55. The van der Waals surface area contributed by atoms with Crippen LogP contribution in [0, 0.1) is 5.92 Å². The second-order valence-corrected chi connectivity index (χ2v) is 7.40. The third-order valence-electron chi connectivity index (χ3n) is 6.09. The van der Waals surface area contributed by atoms with Crippen molar-refractivity contribution in [2.24, 2.45) is 11.7 Å². The standard InChI is InChI=1S/C16H31N3/c1-13-5-6-14(2)19(11-13)16(12-17)7-9-18-8-3-4-15(18)10-16/h13-15H,3-12,17H2,1-2H3. The first-order valence-electron chi connectivity index (χ1n) is 8.35. The van der Waals surface area contributed by atoms with Crippen LogP contribution in [0.3, 0.4) is 0 Å². The van der Waals surface area contributed by atoms with Gasteiger partial charge in [-0.25, -0.2) is 0 Å². The van der Waals surface area contributed by atoms with Crippen molar-refractivity contribution in [3.05, 3.63) is 0 Å². The Hall–Kier alpha value is -0.120. The minimum atomic E-state index is 0.305. The normalized spacial score (nSPS) is 45.3. The summed E-state index contributed by atoms with van der Waals surface area (Å²) in [7, 11) is 0. The number of likely N-dealkylation sites (tertiary alicyclic amines) is 1. The summed E-state index contributed by atoms with van der Waals surface area (Å²) >= 11 is 0. The van der Waals surface area contributed by atoms with E-state index >= 15 is 0 Å². The van der Waals surface area contributed by atoms with Gasteiger partial charge in [-0.2, -0.15) is 0 Å². The molecule has 19 heavy (non-hydrogen) atoms. The topological polar surface area (TPSA) is 32.5 Å². The summed E-state index contributed by atoms with van der Waals surface area (Å²) in [4.78, 5) is 5.52. The Morgan fingerprint density at radius 2 is 2.00 bits per heavy atom. The van der Waals surface area contributed by atoms with Crippen LogP contribution in [0.25, 0.3) is 0 Å². The fourth-order valence-corrected chi connectivity index (χ4v) is 4.83. The van der Waals surface area contributed by atoms with Crippen molar-refractivity contribution in [3.63, 3.8) is 0 Å². The molecule has 0 aromatic carbocycles. The highest BCUT2D eigenvalue weighted by Crippen LogP contribution is 2.39. The highest BCUT2D eigenvalue weighted by atomic mass is 15.3. The SMILES string of the molecule is CC1CCC(C)N(C2(CN)CCN3CCCC3C2)C1. The third kappa shape index (κ3) is 2.45. The molecule has 3 heteroatoms. The number of hydrogen-bond donors (Lipinski definition) is 1. The van der Waals surface area contributed by atoms with E-state index in [0.29, 0.717) is 5.54 Å². The minimum Gasteiger partial charge on any atom is -0.329 e. The van der Waals surface area contributed by atoms with Crippen molar-refractivity contribution in [1.82, 2.24) is 9.80 Å². The van der Waals surface area contributed by atoms with Gasteiger partial charge >= 0.3 is 0 Å². The number of nitrogens with zero attached hydrogens (tertiary/aromatic N) is 2. The van der Waals surface area contributed by atoms with Gasteiger partial charge in [0.15, 0.2) is 0 Å². The lowest BCUT2D eigenvalue weighted by Gasteiger charge is -2.54. The largest absolute Gasteiger partial charge is 0.329 e. The first kappa shape index (κ1) is 13.8. The van der Waals surface area contributed by atoms with Crippen LogP contribution in [0.5, 0.6) is 0 Å². The summed E-state index contributed by atoms with van der Waals surface area (Å²) in [5.74, 6) is 0.848. The zero-order valence-corrected chi connectivity index (χ0v) is 12.8. The van der Waals surface area contributed by atoms with Gasteiger partial charge in [0.05, 0.1) is 0 Å². The summed E-state index contributed by atoms with van der Waals surface area (Å²) < 4.78 is 0. The van der Waals surface area contributed by atoms with Gasteiger partial charge in [0.2, 0.25) is 0 Å². The van der Waals surface area contributed by atoms with Crippen molar-refractivity contribution >= 4 is 0 Å². The average molecular weight is 265 g/mol. The molecule has 0 aliphatic carbocycles. The first-order valence-corrected chi connectivity index (χ1v) is 8.35. The van der Waals surface area contributed by atoms with Gasteiger partial charge < -0.3 is 10.6 Å². The molecule has 3 nitrogen and oxygen atoms in total. The van der Waals surface area contributed by atoms with Gasteiger partial charge in [-0.1, -0.05) is 6.92 Å². The van der Waals surface area contributed by atoms with Crippen LogP contribution in [0.2, 0.25) is 0 Å². The molecule has 3 saturated heterocycles. The molecule has 0 aromatic rings. The molecule has 110 valence electrons. The lowest BCUT2D eigenvalue weighted by molar-refractivity contribution is -0.0389. The van der Waals surface area contributed by atoms with Gasteiger partial charge in [0.25, 0.3) is 0 Å². The molecular formula is C16H31N3. The van der Waals surface area contributed by atoms with E-state index in [9.17, 15) is 0 Å². The average Bonchev–Trinajstić information content (AvgIpc) is 2.88. The van der Waals surface area contributed by atoms with Crippen LogP contribution in [0.15, 0.2) is 0 Å². The van der Waals surface area contributed by atoms with Crippen LogP contribution in [-0.2, 0) is 0 Å². The summed E-state index contributed by atoms with van der Waals surface area (Å²) in [6.07, 6.45) is 8.17. The molecule has 3 aliphatic rings. The van der Waals surface area contributed by atoms with Crippen molar-refractivity contribution in [3.8, 4) is 0 Å². The fourth-order valence-electron chi connectivity index (χ4n) is 4.83. The molecule has 0 aromatic heterocycles. The molecule has 0 spiro atoms. The number of fused-ring (bicyclic) bond motifs is 1. The number of hydrogen-bond acceptors (Lipinski definition) is 3. The Balaban J connectivity index is 1.78. The van der Waals surface area contributed by atoms with Crippen LogP contribution < -0.4 is 5.73 Å². The van der Waals surface area contributed by atoms with E-state index in [1.807, 2.05) is 0 Å². The number of rotatable bonds is 2. The molecule has 0 radical (unpaired) electrons. The molecule has 0 amide bonds. The summed E-state index contributed by atoms with van der Waals surface area (Å²) in [5, 5.41) is 0. The van der Waals surface area contributed by atoms with Crippen molar-refractivity contribution in [2.45, 2.75) is 70.0 Å². The highest BCUT2D eigenvalue weighted by molar-refractivity contribution is 5.04. The van der Waals surface area contributed by atoms with Crippen LogP contribution in [0.1, 0.15) is 52.4 Å². The van der Waals surface area contributed by atoms with Crippen LogP contribution >= 0.6 is 0 Å². The molecule has 3 heterocycles. The monoisotopic (exact) mass is 265 g/mol. The zero-order valence-electron chi connectivity index (χ0n) is 12.8. The Kier molecular flexibility index (Phi) is 3.89. The predicted molar refractivity (Wildman–Crippen MR) is 80.2 cm³/mol. The first-order chi connectivity index (χ1) is 9.14. The maximum atomic E-state index is 6.30. The minimum absolute atomic E-state index is 0.305. The van der Waals surface area contributed by atoms with E-state index in [2.05, 4.69) is 23.6 Å². The molecule has 2 N–H and O–H groups in total. The lowest BCUT2D eigenvalue weighted by atomic mass is 9.78. The smallest absolute Gasteiger partial charge is 0.0361 e. The van der Waals surface area contributed by atoms with Gasteiger partial charge in [0.1, 0.15) is 0 Å². The predicted octanol–water partition coefficient (Wildman–Crippen LogP) is 2.06. The maximum Gasteiger partial charge on any atom is 0.0361 e. The van der Waals surface area contributed by atoms with Crippen molar-refractivity contribution in [2.75, 3.05) is 26.2 Å². The molecule has 4 atom stereocenters. The molecule has 0 bridgehead atoms. The molecule has 3 rings (SSSR count). The van der Waals surface area contributed by atoms with Gasteiger partial charge in [-0.3, -0.25) is 4.90 Å². The molecular weight excluding hydrogens is 234 g/mol. The highest BCUT2D eigenvalue weighted by Gasteiger charge is 2.46. The zero-order chi connectivity index (χ0) is 13.5. The van der Waals surface area contributed by atoms with Crippen LogP contribution in [0.4, 0.5) is 0 Å². The van der Waals surface area contributed by atoms with Crippen LogP contribution in [-0.4, -0.2) is 53.6 Å². The van der Waals surface area contributed by atoms with Crippen molar-refractivity contribution in [1.29, 1.82) is 0 Å². The maximum absolute atomic E-state index is 6.30. The number of piperidine rings is 2. The second-order valence-electron chi connectivity index (χ2n) is 7.40. The van der Waals surface area contributed by atoms with E-state index in [1.165, 1.54) is 58.2 Å².